The van der Waals surface area contributed by atoms with E-state index in [1.807, 2.05) is 42.5 Å². The molecule has 0 saturated heterocycles. The first-order valence-electron chi connectivity index (χ1n) is 6.90. The topological polar surface area (TPSA) is 63.8 Å². The van der Waals surface area contributed by atoms with Gasteiger partial charge in [0.15, 0.2) is 0 Å². The molecule has 0 bridgehead atoms. The van der Waals surface area contributed by atoms with Gasteiger partial charge in [0.1, 0.15) is 6.04 Å². The van der Waals surface area contributed by atoms with Crippen molar-refractivity contribution in [3.8, 4) is 11.5 Å². The van der Waals surface area contributed by atoms with Crippen LogP contribution in [0.15, 0.2) is 59.3 Å². The Bertz CT molecular complexity index is 682. The Morgan fingerprint density at radius 1 is 1.05 bits per heavy atom. The van der Waals surface area contributed by atoms with E-state index in [1.54, 1.807) is 12.4 Å². The molecule has 2 heterocycles. The van der Waals surface area contributed by atoms with Crippen molar-refractivity contribution in [3.63, 3.8) is 0 Å². The number of hydrogen-bond donors (Lipinski definition) is 1. The van der Waals surface area contributed by atoms with E-state index < -0.39 is 0 Å². The minimum Gasteiger partial charge on any atom is -0.419 e. The first-order chi connectivity index (χ1) is 10.4. The van der Waals surface area contributed by atoms with Gasteiger partial charge in [-0.3, -0.25) is 4.98 Å². The third-order valence-electron chi connectivity index (χ3n) is 3.16. The molecule has 5 heteroatoms. The van der Waals surface area contributed by atoms with Gasteiger partial charge in [-0.15, -0.1) is 10.2 Å². The van der Waals surface area contributed by atoms with Gasteiger partial charge >= 0.3 is 0 Å². The summed E-state index contributed by atoms with van der Waals surface area (Å²) >= 11 is 0. The van der Waals surface area contributed by atoms with Crippen LogP contribution in [0, 0.1) is 0 Å². The summed E-state index contributed by atoms with van der Waals surface area (Å²) in [6.07, 6.45) is 3.41. The largest absolute Gasteiger partial charge is 0.419 e. The first-order valence-corrected chi connectivity index (χ1v) is 6.90. The highest BCUT2D eigenvalue weighted by Crippen LogP contribution is 2.24. The Morgan fingerprint density at radius 3 is 2.52 bits per heavy atom. The highest BCUT2D eigenvalue weighted by molar-refractivity contribution is 5.50. The van der Waals surface area contributed by atoms with Crippen LogP contribution >= 0.6 is 0 Å². The molecule has 0 fully saturated rings. The van der Waals surface area contributed by atoms with Crippen molar-refractivity contribution in [2.24, 2.45) is 0 Å². The molecule has 106 valence electrons. The summed E-state index contributed by atoms with van der Waals surface area (Å²) in [6.45, 7) is 2.86. The molecule has 5 nitrogen and oxygen atoms in total. The van der Waals surface area contributed by atoms with Crippen molar-refractivity contribution >= 4 is 0 Å². The molecular formula is C16H16N4O. The molecule has 0 spiro atoms. The van der Waals surface area contributed by atoms with E-state index in [0.717, 1.165) is 17.7 Å². The summed E-state index contributed by atoms with van der Waals surface area (Å²) in [6, 6.07) is 13.7. The molecule has 1 atom stereocenters. The molecule has 3 aromatic rings. The third-order valence-corrected chi connectivity index (χ3v) is 3.16. The second kappa shape index (κ2) is 6.28. The molecule has 1 unspecified atom stereocenters. The first kappa shape index (κ1) is 13.5. The molecule has 2 aromatic heterocycles. The van der Waals surface area contributed by atoms with Gasteiger partial charge in [0.2, 0.25) is 11.8 Å². The predicted octanol–water partition coefficient (Wildman–Crippen LogP) is 2.83. The van der Waals surface area contributed by atoms with Crippen molar-refractivity contribution in [2.45, 2.75) is 13.0 Å². The molecule has 0 amide bonds. The van der Waals surface area contributed by atoms with E-state index in [4.69, 9.17) is 4.42 Å². The van der Waals surface area contributed by atoms with Crippen molar-refractivity contribution in [1.29, 1.82) is 0 Å². The van der Waals surface area contributed by atoms with E-state index in [-0.39, 0.29) is 6.04 Å². The Balaban J connectivity index is 1.93. The zero-order valence-corrected chi connectivity index (χ0v) is 11.7. The predicted molar refractivity (Wildman–Crippen MR) is 79.5 cm³/mol. The van der Waals surface area contributed by atoms with E-state index in [9.17, 15) is 0 Å². The number of hydrogen-bond acceptors (Lipinski definition) is 5. The fraction of sp³-hybridized carbons (Fsp3) is 0.188. The number of aromatic nitrogens is 3. The molecule has 0 radical (unpaired) electrons. The van der Waals surface area contributed by atoms with Crippen LogP contribution < -0.4 is 5.32 Å². The normalized spacial score (nSPS) is 12.2. The van der Waals surface area contributed by atoms with Crippen molar-refractivity contribution in [2.75, 3.05) is 6.54 Å². The molecule has 0 aliphatic rings. The molecule has 3 rings (SSSR count). The number of benzene rings is 1. The summed E-state index contributed by atoms with van der Waals surface area (Å²) < 4.78 is 5.83. The highest BCUT2D eigenvalue weighted by Gasteiger charge is 2.20. The van der Waals surface area contributed by atoms with Gasteiger partial charge in [-0.05, 0) is 24.2 Å². The standard InChI is InChI=1S/C16H16N4O/c1-2-18-14(12-6-4-3-5-7-12)16-20-19-15(21-16)13-8-10-17-11-9-13/h3-11,14,18H,2H2,1H3. The zero-order valence-electron chi connectivity index (χ0n) is 11.7. The minimum absolute atomic E-state index is 0.0979. The van der Waals surface area contributed by atoms with E-state index in [1.165, 1.54) is 0 Å². The van der Waals surface area contributed by atoms with Crippen LogP contribution in [0.1, 0.15) is 24.4 Å². The quantitative estimate of drug-likeness (QED) is 0.778. The van der Waals surface area contributed by atoms with Gasteiger partial charge in [-0.2, -0.15) is 0 Å². The lowest BCUT2D eigenvalue weighted by molar-refractivity contribution is 0.444. The lowest BCUT2D eigenvalue weighted by Crippen LogP contribution is -2.22. The average Bonchev–Trinajstić information content (AvgIpc) is 3.04. The maximum atomic E-state index is 5.83. The number of nitrogens with one attached hydrogen (secondary N) is 1. The van der Waals surface area contributed by atoms with Crippen LogP contribution in [0.25, 0.3) is 11.5 Å². The zero-order chi connectivity index (χ0) is 14.5. The van der Waals surface area contributed by atoms with Crippen LogP contribution in [0.2, 0.25) is 0 Å². The van der Waals surface area contributed by atoms with Gasteiger partial charge in [0.05, 0.1) is 0 Å². The molecule has 0 aliphatic carbocycles. The van der Waals surface area contributed by atoms with Crippen LogP contribution in [-0.4, -0.2) is 21.7 Å². The second-order valence-electron chi connectivity index (χ2n) is 4.58. The van der Waals surface area contributed by atoms with Crippen LogP contribution in [0.4, 0.5) is 0 Å². The summed E-state index contributed by atoms with van der Waals surface area (Å²) in [4.78, 5) is 3.99. The lowest BCUT2D eigenvalue weighted by atomic mass is 10.1. The van der Waals surface area contributed by atoms with Crippen LogP contribution in [0.5, 0.6) is 0 Å². The Kier molecular flexibility index (Phi) is 4.02. The molecule has 0 saturated carbocycles. The Morgan fingerprint density at radius 2 is 1.81 bits per heavy atom. The minimum atomic E-state index is -0.0979. The summed E-state index contributed by atoms with van der Waals surface area (Å²) in [5.41, 5.74) is 1.97. The lowest BCUT2D eigenvalue weighted by Gasteiger charge is -2.13. The fourth-order valence-corrected chi connectivity index (χ4v) is 2.16. The Hall–Kier alpha value is -2.53. The van der Waals surface area contributed by atoms with Gasteiger partial charge in [-0.1, -0.05) is 37.3 Å². The van der Waals surface area contributed by atoms with Crippen molar-refractivity contribution in [1.82, 2.24) is 20.5 Å². The number of rotatable bonds is 5. The average molecular weight is 280 g/mol. The fourth-order valence-electron chi connectivity index (χ4n) is 2.16. The van der Waals surface area contributed by atoms with E-state index in [0.29, 0.717) is 11.8 Å². The van der Waals surface area contributed by atoms with Crippen molar-refractivity contribution < 1.29 is 4.42 Å². The summed E-state index contributed by atoms with van der Waals surface area (Å²) in [5.74, 6) is 1.07. The van der Waals surface area contributed by atoms with E-state index >= 15 is 0 Å². The maximum absolute atomic E-state index is 5.83. The van der Waals surface area contributed by atoms with Gasteiger partial charge in [0, 0.05) is 18.0 Å². The SMILES string of the molecule is CCNC(c1ccccc1)c1nnc(-c2ccncc2)o1. The molecule has 1 N–H and O–H groups in total. The van der Waals surface area contributed by atoms with Gasteiger partial charge in [0.25, 0.3) is 0 Å². The Labute approximate surface area is 123 Å². The summed E-state index contributed by atoms with van der Waals surface area (Å²) in [5, 5.41) is 11.7. The smallest absolute Gasteiger partial charge is 0.247 e. The molecule has 1 aromatic carbocycles. The monoisotopic (exact) mass is 280 g/mol. The van der Waals surface area contributed by atoms with Gasteiger partial charge in [-0.25, -0.2) is 0 Å². The van der Waals surface area contributed by atoms with E-state index in [2.05, 4.69) is 27.4 Å². The maximum Gasteiger partial charge on any atom is 0.247 e. The molecule has 0 aliphatic heterocycles. The second-order valence-corrected chi connectivity index (χ2v) is 4.58. The van der Waals surface area contributed by atoms with Crippen LogP contribution in [-0.2, 0) is 0 Å². The van der Waals surface area contributed by atoms with Gasteiger partial charge < -0.3 is 9.73 Å². The molecular weight excluding hydrogens is 264 g/mol. The van der Waals surface area contributed by atoms with Crippen molar-refractivity contribution in [3.05, 3.63) is 66.3 Å². The molecule has 21 heavy (non-hydrogen) atoms. The number of nitrogens with zero attached hydrogens (tertiary/aromatic N) is 3. The van der Waals surface area contributed by atoms with Crippen LogP contribution in [0.3, 0.4) is 0 Å². The highest BCUT2D eigenvalue weighted by atomic mass is 16.4. The third kappa shape index (κ3) is 2.98. The number of pyridine rings is 1. The summed E-state index contributed by atoms with van der Waals surface area (Å²) in [7, 11) is 0.